The van der Waals surface area contributed by atoms with Gasteiger partial charge in [-0.25, -0.2) is 4.98 Å². The number of nitrogens with two attached hydrogens (primary N) is 1. The number of carbonyl (C=O) groups is 1. The fourth-order valence-electron chi connectivity index (χ4n) is 1.92. The maximum atomic E-state index is 12.3. The van der Waals surface area contributed by atoms with Crippen molar-refractivity contribution in [2.45, 2.75) is 13.3 Å². The summed E-state index contributed by atoms with van der Waals surface area (Å²) < 4.78 is 40.7. The van der Waals surface area contributed by atoms with Gasteiger partial charge in [-0.1, -0.05) is 6.07 Å². The molecule has 1 aromatic heterocycles. The van der Waals surface area contributed by atoms with Crippen LogP contribution in [0.3, 0.4) is 0 Å². The normalized spacial score (nSPS) is 11.2. The van der Waals surface area contributed by atoms with Crippen LogP contribution < -0.4 is 15.1 Å². The number of hydrogen-bond acceptors (Lipinski definition) is 4. The maximum absolute atomic E-state index is 12.3. The summed E-state index contributed by atoms with van der Waals surface area (Å²) in [4.78, 5) is 16.9. The smallest absolute Gasteiger partial charge is 0.573 e. The highest BCUT2D eigenvalue weighted by Gasteiger charge is 2.31. The molecule has 2 N–H and O–H groups in total. The van der Waals surface area contributed by atoms with E-state index in [4.69, 9.17) is 0 Å². The first kappa shape index (κ1) is 16.7. The molecule has 0 saturated heterocycles. The van der Waals surface area contributed by atoms with Crippen molar-refractivity contribution in [1.29, 1.82) is 0 Å². The van der Waals surface area contributed by atoms with Gasteiger partial charge in [-0.05, 0) is 12.1 Å². The van der Waals surface area contributed by atoms with E-state index < -0.39 is 18.0 Å². The van der Waals surface area contributed by atoms with Gasteiger partial charge in [0, 0.05) is 31.3 Å². The molecule has 1 amide bonds. The Labute approximate surface area is 129 Å². The zero-order valence-corrected chi connectivity index (χ0v) is 11.9. The van der Waals surface area contributed by atoms with Crippen molar-refractivity contribution in [2.75, 3.05) is 4.90 Å². The van der Waals surface area contributed by atoms with Gasteiger partial charge in [0.1, 0.15) is 17.3 Å². The zero-order chi connectivity index (χ0) is 17.0. The molecule has 2 aromatic rings. The summed E-state index contributed by atoms with van der Waals surface area (Å²) >= 11 is 0. The van der Waals surface area contributed by atoms with E-state index >= 15 is 0 Å². The molecule has 0 spiro atoms. The molecule has 0 radical (unpaired) electrons. The molecule has 0 bridgehead atoms. The van der Waals surface area contributed by atoms with Crippen LogP contribution in [0.5, 0.6) is 5.75 Å². The lowest BCUT2D eigenvalue weighted by Gasteiger charge is -2.21. The van der Waals surface area contributed by atoms with Crippen molar-refractivity contribution in [3.05, 3.63) is 47.8 Å². The first-order valence-corrected chi connectivity index (χ1v) is 6.38. The van der Waals surface area contributed by atoms with Gasteiger partial charge in [-0.2, -0.15) is 0 Å². The average Bonchev–Trinajstić information content (AvgIpc) is 2.46. The molecule has 0 fully saturated rings. The predicted octanol–water partition coefficient (Wildman–Crippen LogP) is 2.36. The van der Waals surface area contributed by atoms with E-state index in [0.717, 1.165) is 17.0 Å². The summed E-state index contributed by atoms with van der Waals surface area (Å²) in [5, 5.41) is 10.8. The van der Waals surface area contributed by atoms with Gasteiger partial charge < -0.3 is 15.4 Å². The standard InChI is InChI=1S/C14H12F3N3O3/c1-9(21)20(13-7-10(19-22)5-6-18-13)11-3-2-4-12(8-11)23-14(15,16)17/h2-8H,19H2,1H3. The number of nitrogens with zero attached hydrogens (tertiary/aromatic N) is 2. The second kappa shape index (κ2) is 6.63. The van der Waals surface area contributed by atoms with Crippen LogP contribution >= 0.6 is 0 Å². The van der Waals surface area contributed by atoms with Crippen LogP contribution in [-0.2, 0) is 4.79 Å². The first-order valence-electron chi connectivity index (χ1n) is 6.38. The molecular weight excluding hydrogens is 315 g/mol. The summed E-state index contributed by atoms with van der Waals surface area (Å²) in [6.07, 6.45) is -3.51. The number of rotatable bonds is 4. The molecular formula is C14H12F3N3O3. The Bertz CT molecular complexity index is 707. The number of anilines is 2. The molecule has 2 rings (SSSR count). The van der Waals surface area contributed by atoms with Crippen LogP contribution in [0.4, 0.5) is 30.4 Å². The summed E-state index contributed by atoms with van der Waals surface area (Å²) in [7, 11) is 0. The average molecular weight is 327 g/mol. The molecule has 0 aliphatic heterocycles. The molecule has 0 atom stereocenters. The topological polar surface area (TPSA) is 82.1 Å². The zero-order valence-electron chi connectivity index (χ0n) is 11.9. The molecule has 0 aliphatic rings. The lowest BCUT2D eigenvalue weighted by molar-refractivity contribution is -0.497. The summed E-state index contributed by atoms with van der Waals surface area (Å²) in [5.41, 5.74) is 0.992. The second-order valence-corrected chi connectivity index (χ2v) is 4.46. The van der Waals surface area contributed by atoms with Gasteiger partial charge in [0.2, 0.25) is 5.91 Å². The Kier molecular flexibility index (Phi) is 4.82. The van der Waals surface area contributed by atoms with Crippen LogP contribution in [0.2, 0.25) is 0 Å². The van der Waals surface area contributed by atoms with Crippen molar-refractivity contribution in [1.82, 2.24) is 4.98 Å². The van der Waals surface area contributed by atoms with Crippen LogP contribution in [0, 0.1) is 5.21 Å². The molecule has 122 valence electrons. The third-order valence-corrected chi connectivity index (χ3v) is 2.76. The molecule has 0 saturated carbocycles. The minimum Gasteiger partial charge on any atom is -0.630 e. The van der Waals surface area contributed by atoms with Crippen molar-refractivity contribution in [3.8, 4) is 5.75 Å². The van der Waals surface area contributed by atoms with E-state index in [1.807, 2.05) is 0 Å². The van der Waals surface area contributed by atoms with Crippen LogP contribution in [0.15, 0.2) is 42.6 Å². The number of amides is 1. The molecule has 1 heterocycles. The molecule has 9 heteroatoms. The quantitative estimate of drug-likeness (QED) is 0.874. The first-order chi connectivity index (χ1) is 10.8. The number of carbonyl (C=O) groups excluding carboxylic acids is 1. The molecule has 0 unspecified atom stereocenters. The van der Waals surface area contributed by atoms with E-state index in [1.165, 1.54) is 37.4 Å². The number of aromatic nitrogens is 1. The number of alkyl halides is 3. The van der Waals surface area contributed by atoms with E-state index in [-0.39, 0.29) is 17.2 Å². The van der Waals surface area contributed by atoms with E-state index in [1.54, 1.807) is 0 Å². The minimum absolute atomic E-state index is 0.117. The summed E-state index contributed by atoms with van der Waals surface area (Å²) in [5.74, 6) is -0.830. The fourth-order valence-corrected chi connectivity index (χ4v) is 1.92. The van der Waals surface area contributed by atoms with Crippen molar-refractivity contribution in [3.63, 3.8) is 0 Å². The highest BCUT2D eigenvalue weighted by atomic mass is 19.4. The van der Waals surface area contributed by atoms with Crippen LogP contribution in [0.25, 0.3) is 0 Å². The third-order valence-electron chi connectivity index (χ3n) is 2.76. The van der Waals surface area contributed by atoms with Crippen LogP contribution in [0.1, 0.15) is 6.92 Å². The van der Waals surface area contributed by atoms with Gasteiger partial charge in [-0.15, -0.1) is 13.2 Å². The Morgan fingerprint density at radius 1 is 1.30 bits per heavy atom. The highest BCUT2D eigenvalue weighted by Crippen LogP contribution is 2.30. The third kappa shape index (κ3) is 4.41. The number of ether oxygens (including phenoxy) is 1. The summed E-state index contributed by atoms with van der Waals surface area (Å²) in [6.45, 7) is 1.23. The van der Waals surface area contributed by atoms with Gasteiger partial charge in [-0.3, -0.25) is 9.69 Å². The van der Waals surface area contributed by atoms with Gasteiger partial charge in [0.15, 0.2) is 0 Å². The number of hydrogen-bond donors (Lipinski definition) is 1. The largest absolute Gasteiger partial charge is 0.630 e. The van der Waals surface area contributed by atoms with E-state index in [0.29, 0.717) is 5.48 Å². The Morgan fingerprint density at radius 3 is 2.65 bits per heavy atom. The number of pyridine rings is 1. The van der Waals surface area contributed by atoms with E-state index in [2.05, 4.69) is 9.72 Å². The van der Waals surface area contributed by atoms with E-state index in [9.17, 15) is 23.2 Å². The number of benzene rings is 1. The summed E-state index contributed by atoms with van der Waals surface area (Å²) in [6, 6.07) is 7.72. The highest BCUT2D eigenvalue weighted by molar-refractivity contribution is 5.98. The van der Waals surface area contributed by atoms with Crippen molar-refractivity contribution in [2.24, 2.45) is 0 Å². The number of halogens is 3. The maximum Gasteiger partial charge on any atom is 0.573 e. The SMILES string of the molecule is CC(=O)N(c1cccc(OC(F)(F)F)c1)c1cc([NH2+][O-])ccn1. The van der Waals surface area contributed by atoms with Crippen molar-refractivity contribution < 1.29 is 28.2 Å². The lowest BCUT2D eigenvalue weighted by Crippen LogP contribution is -2.70. The lowest BCUT2D eigenvalue weighted by atomic mass is 10.2. The molecule has 6 nitrogen and oxygen atoms in total. The van der Waals surface area contributed by atoms with Gasteiger partial charge in [0.25, 0.3) is 0 Å². The number of quaternary nitrogens is 1. The Balaban J connectivity index is 2.42. The monoisotopic (exact) mass is 327 g/mol. The molecule has 1 aromatic carbocycles. The molecule has 23 heavy (non-hydrogen) atoms. The second-order valence-electron chi connectivity index (χ2n) is 4.46. The molecule has 0 aliphatic carbocycles. The predicted molar refractivity (Wildman–Crippen MR) is 75.1 cm³/mol. The van der Waals surface area contributed by atoms with Gasteiger partial charge in [0.05, 0.1) is 5.69 Å². The van der Waals surface area contributed by atoms with Crippen molar-refractivity contribution >= 4 is 23.1 Å². The fraction of sp³-hybridized carbons (Fsp3) is 0.143. The Hall–Kier alpha value is -2.65. The Morgan fingerprint density at radius 2 is 2.04 bits per heavy atom. The minimum atomic E-state index is -4.84. The van der Waals surface area contributed by atoms with Gasteiger partial charge >= 0.3 is 6.36 Å². The van der Waals surface area contributed by atoms with Crippen LogP contribution in [-0.4, -0.2) is 17.3 Å².